The summed E-state index contributed by atoms with van der Waals surface area (Å²) < 4.78 is 5.82. The second kappa shape index (κ2) is 14.2. The summed E-state index contributed by atoms with van der Waals surface area (Å²) >= 11 is 0. The zero-order valence-electron chi connectivity index (χ0n) is 17.9. The molecule has 0 spiro atoms. The summed E-state index contributed by atoms with van der Waals surface area (Å²) in [5, 5.41) is 6.68. The van der Waals surface area contributed by atoms with E-state index in [2.05, 4.69) is 46.6 Å². The van der Waals surface area contributed by atoms with Crippen molar-refractivity contribution in [3.8, 4) is 0 Å². The van der Waals surface area contributed by atoms with Gasteiger partial charge < -0.3 is 20.3 Å². The lowest BCUT2D eigenvalue weighted by atomic mass is 10.2. The molecule has 0 aliphatic heterocycles. The molecule has 1 unspecified atom stereocenters. The first kappa shape index (κ1) is 25.2. The van der Waals surface area contributed by atoms with Crippen LogP contribution in [0.25, 0.3) is 0 Å². The van der Waals surface area contributed by atoms with Gasteiger partial charge in [0.05, 0.1) is 25.5 Å². The van der Waals surface area contributed by atoms with Crippen molar-refractivity contribution in [1.29, 1.82) is 0 Å². The van der Waals surface area contributed by atoms with Crippen LogP contribution >= 0.6 is 24.0 Å². The third-order valence-electron chi connectivity index (χ3n) is 4.13. The van der Waals surface area contributed by atoms with Gasteiger partial charge in [0.25, 0.3) is 0 Å². The number of halogens is 1. The number of nitrogens with zero attached hydrogens (tertiary/aromatic N) is 3. The summed E-state index contributed by atoms with van der Waals surface area (Å²) in [6, 6.07) is 16.3. The van der Waals surface area contributed by atoms with Crippen molar-refractivity contribution >= 4 is 35.8 Å². The Morgan fingerprint density at radius 2 is 1.86 bits per heavy atom. The van der Waals surface area contributed by atoms with E-state index in [1.807, 2.05) is 55.4 Å². The van der Waals surface area contributed by atoms with Crippen molar-refractivity contribution < 1.29 is 4.74 Å². The number of rotatable bonds is 10. The molecule has 2 N–H and O–H groups in total. The van der Waals surface area contributed by atoms with Gasteiger partial charge in [0.2, 0.25) is 0 Å². The molecule has 0 saturated heterocycles. The van der Waals surface area contributed by atoms with Gasteiger partial charge in [0, 0.05) is 27.2 Å². The van der Waals surface area contributed by atoms with Gasteiger partial charge in [-0.3, -0.25) is 0 Å². The lowest BCUT2D eigenvalue weighted by Crippen LogP contribution is -2.40. The number of guanidine groups is 1. The Kier molecular flexibility index (Phi) is 12.3. The standard InChI is InChI=1S/C22H33N5O.HI/c1-5-23-22(25-15-20-12-9-13-21(26-20)27(3)4)24-14-18(2)16-28-17-19-10-7-6-8-11-19;/h6-13,18H,5,14-17H2,1-4H3,(H2,23,24,25);1H. The fourth-order valence-electron chi connectivity index (χ4n) is 2.59. The molecule has 1 aromatic carbocycles. The second-order valence-corrected chi connectivity index (χ2v) is 7.06. The zero-order valence-corrected chi connectivity index (χ0v) is 20.2. The number of hydrogen-bond acceptors (Lipinski definition) is 4. The molecule has 0 bridgehead atoms. The summed E-state index contributed by atoms with van der Waals surface area (Å²) in [6.45, 7) is 7.73. The lowest BCUT2D eigenvalue weighted by Gasteiger charge is -2.16. The van der Waals surface area contributed by atoms with Crippen molar-refractivity contribution in [2.24, 2.45) is 10.9 Å². The fourth-order valence-corrected chi connectivity index (χ4v) is 2.59. The van der Waals surface area contributed by atoms with E-state index < -0.39 is 0 Å². The number of nitrogens with one attached hydrogen (secondary N) is 2. The van der Waals surface area contributed by atoms with E-state index in [9.17, 15) is 0 Å². The first-order valence-corrected chi connectivity index (χ1v) is 9.85. The highest BCUT2D eigenvalue weighted by Crippen LogP contribution is 2.08. The summed E-state index contributed by atoms with van der Waals surface area (Å²) in [7, 11) is 3.98. The number of aromatic nitrogens is 1. The minimum absolute atomic E-state index is 0. The van der Waals surface area contributed by atoms with Crippen molar-refractivity contribution in [3.05, 3.63) is 59.8 Å². The maximum absolute atomic E-state index is 5.82. The van der Waals surface area contributed by atoms with E-state index >= 15 is 0 Å². The Morgan fingerprint density at radius 3 is 2.55 bits per heavy atom. The maximum atomic E-state index is 5.82. The Balaban J connectivity index is 0.00000420. The van der Waals surface area contributed by atoms with Crippen LogP contribution in [0.3, 0.4) is 0 Å². The Hall–Kier alpha value is -1.87. The molecule has 0 aliphatic carbocycles. The summed E-state index contributed by atoms with van der Waals surface area (Å²) in [6.07, 6.45) is 0. The average Bonchev–Trinajstić information content (AvgIpc) is 2.71. The van der Waals surface area contributed by atoms with Gasteiger partial charge in [-0.15, -0.1) is 24.0 Å². The Labute approximate surface area is 192 Å². The molecule has 1 atom stereocenters. The highest BCUT2D eigenvalue weighted by Gasteiger charge is 2.05. The molecule has 160 valence electrons. The zero-order chi connectivity index (χ0) is 20.2. The quantitative estimate of drug-likeness (QED) is 0.290. The molecule has 29 heavy (non-hydrogen) atoms. The predicted molar refractivity (Wildman–Crippen MR) is 132 cm³/mol. The third kappa shape index (κ3) is 9.94. The monoisotopic (exact) mass is 511 g/mol. The molecule has 0 saturated carbocycles. The Bertz CT molecular complexity index is 724. The molecule has 1 aromatic heterocycles. The first-order valence-electron chi connectivity index (χ1n) is 9.85. The molecule has 7 heteroatoms. The molecular weight excluding hydrogens is 477 g/mol. The van der Waals surface area contributed by atoms with Crippen LogP contribution in [-0.2, 0) is 17.9 Å². The number of benzene rings is 1. The fraction of sp³-hybridized carbons (Fsp3) is 0.455. The molecule has 0 aliphatic rings. The van der Waals surface area contributed by atoms with E-state index in [0.29, 0.717) is 25.7 Å². The van der Waals surface area contributed by atoms with Crippen LogP contribution < -0.4 is 15.5 Å². The van der Waals surface area contributed by atoms with E-state index in [4.69, 9.17) is 4.74 Å². The van der Waals surface area contributed by atoms with E-state index in [1.54, 1.807) is 0 Å². The molecule has 2 aromatic rings. The van der Waals surface area contributed by atoms with Gasteiger partial charge in [-0.2, -0.15) is 0 Å². The first-order chi connectivity index (χ1) is 13.6. The van der Waals surface area contributed by atoms with Crippen LogP contribution in [0.1, 0.15) is 25.1 Å². The highest BCUT2D eigenvalue weighted by atomic mass is 127. The van der Waals surface area contributed by atoms with Crippen LogP contribution in [0.15, 0.2) is 53.5 Å². The topological polar surface area (TPSA) is 61.8 Å². The number of hydrogen-bond donors (Lipinski definition) is 2. The molecular formula is C22H34IN5O. The van der Waals surface area contributed by atoms with E-state index in [-0.39, 0.29) is 24.0 Å². The normalized spacial score (nSPS) is 12.1. The third-order valence-corrected chi connectivity index (χ3v) is 4.13. The molecule has 6 nitrogen and oxygen atoms in total. The van der Waals surface area contributed by atoms with Crippen LogP contribution in [-0.4, -0.2) is 44.7 Å². The molecule has 0 fully saturated rings. The van der Waals surface area contributed by atoms with Gasteiger partial charge in [0.1, 0.15) is 5.82 Å². The Morgan fingerprint density at radius 1 is 1.10 bits per heavy atom. The molecule has 0 radical (unpaired) electrons. The largest absolute Gasteiger partial charge is 0.376 e. The van der Waals surface area contributed by atoms with Gasteiger partial charge in [0.15, 0.2) is 5.96 Å². The van der Waals surface area contributed by atoms with Crippen LogP contribution in [0.2, 0.25) is 0 Å². The number of anilines is 1. The van der Waals surface area contributed by atoms with Crippen LogP contribution in [0.4, 0.5) is 5.82 Å². The minimum Gasteiger partial charge on any atom is -0.376 e. The average molecular weight is 511 g/mol. The number of pyridine rings is 1. The summed E-state index contributed by atoms with van der Waals surface area (Å²) in [5.74, 6) is 2.12. The minimum atomic E-state index is 0. The SMILES string of the molecule is CCNC(=NCc1cccc(N(C)C)n1)NCC(C)COCc1ccccc1.I. The smallest absolute Gasteiger partial charge is 0.191 e. The van der Waals surface area contributed by atoms with Crippen molar-refractivity contribution in [3.63, 3.8) is 0 Å². The predicted octanol–water partition coefficient (Wildman–Crippen LogP) is 3.67. The highest BCUT2D eigenvalue weighted by molar-refractivity contribution is 14.0. The van der Waals surface area contributed by atoms with E-state index in [0.717, 1.165) is 30.6 Å². The van der Waals surface area contributed by atoms with Gasteiger partial charge in [-0.1, -0.05) is 43.3 Å². The summed E-state index contributed by atoms with van der Waals surface area (Å²) in [5.41, 5.74) is 2.15. The molecule has 0 amide bonds. The molecule has 1 heterocycles. The van der Waals surface area contributed by atoms with Crippen molar-refractivity contribution in [1.82, 2.24) is 15.6 Å². The second-order valence-electron chi connectivity index (χ2n) is 7.06. The number of ether oxygens (including phenoxy) is 1. The maximum Gasteiger partial charge on any atom is 0.191 e. The van der Waals surface area contributed by atoms with Crippen molar-refractivity contribution in [2.75, 3.05) is 38.7 Å². The molecule has 2 rings (SSSR count). The van der Waals surface area contributed by atoms with E-state index in [1.165, 1.54) is 5.56 Å². The van der Waals surface area contributed by atoms with Crippen LogP contribution in [0, 0.1) is 5.92 Å². The summed E-state index contributed by atoms with van der Waals surface area (Å²) in [4.78, 5) is 11.3. The van der Waals surface area contributed by atoms with Gasteiger partial charge >= 0.3 is 0 Å². The number of aliphatic imine (C=N–C) groups is 1. The van der Waals surface area contributed by atoms with Crippen molar-refractivity contribution in [2.45, 2.75) is 27.0 Å². The lowest BCUT2D eigenvalue weighted by molar-refractivity contribution is 0.0931. The van der Waals surface area contributed by atoms with Gasteiger partial charge in [-0.05, 0) is 30.5 Å². The van der Waals surface area contributed by atoms with Gasteiger partial charge in [-0.25, -0.2) is 9.98 Å². The van der Waals surface area contributed by atoms with Crippen LogP contribution in [0.5, 0.6) is 0 Å².